The fourth-order valence-corrected chi connectivity index (χ4v) is 2.17. The molecule has 0 aromatic rings. The summed E-state index contributed by atoms with van der Waals surface area (Å²) in [6, 6.07) is 0.363. The molecule has 3 heteroatoms. The number of hydrogen-bond donors (Lipinski definition) is 1. The second-order valence-corrected chi connectivity index (χ2v) is 4.92. The molecule has 1 amide bonds. The van der Waals surface area contributed by atoms with Gasteiger partial charge in [0.15, 0.2) is 0 Å². The molecule has 1 saturated carbocycles. The maximum absolute atomic E-state index is 11.4. The molecule has 1 aliphatic rings. The van der Waals surface area contributed by atoms with Crippen LogP contribution in [0.1, 0.15) is 46.0 Å². The number of nitrogens with one attached hydrogen (secondary N) is 1. The van der Waals surface area contributed by atoms with Gasteiger partial charge >= 0.3 is 0 Å². The predicted octanol–water partition coefficient (Wildman–Crippen LogP) is 2.70. The SMILES string of the molecule is CCC1CCCC(NC(=O)C(C)Cl)C1. The molecule has 3 atom stereocenters. The lowest BCUT2D eigenvalue weighted by Crippen LogP contribution is -2.41. The van der Waals surface area contributed by atoms with E-state index in [9.17, 15) is 4.79 Å². The smallest absolute Gasteiger partial charge is 0.237 e. The van der Waals surface area contributed by atoms with E-state index in [-0.39, 0.29) is 5.91 Å². The minimum Gasteiger partial charge on any atom is -0.352 e. The molecule has 0 radical (unpaired) electrons. The zero-order valence-corrected chi connectivity index (χ0v) is 9.81. The molecule has 0 heterocycles. The number of rotatable bonds is 3. The van der Waals surface area contributed by atoms with Gasteiger partial charge in [-0.1, -0.05) is 26.2 Å². The summed E-state index contributed by atoms with van der Waals surface area (Å²) in [7, 11) is 0. The van der Waals surface area contributed by atoms with Crippen molar-refractivity contribution in [3.8, 4) is 0 Å². The van der Waals surface area contributed by atoms with Crippen LogP contribution < -0.4 is 5.32 Å². The van der Waals surface area contributed by atoms with Gasteiger partial charge in [0.25, 0.3) is 0 Å². The lowest BCUT2D eigenvalue weighted by molar-refractivity contribution is -0.121. The molecule has 0 aromatic carbocycles. The van der Waals surface area contributed by atoms with Gasteiger partial charge in [-0.3, -0.25) is 4.79 Å². The number of carbonyl (C=O) groups is 1. The molecule has 2 nitrogen and oxygen atoms in total. The van der Waals surface area contributed by atoms with Crippen molar-refractivity contribution in [2.24, 2.45) is 5.92 Å². The van der Waals surface area contributed by atoms with E-state index in [1.807, 2.05) is 0 Å². The Balaban J connectivity index is 2.34. The highest BCUT2D eigenvalue weighted by Crippen LogP contribution is 2.26. The summed E-state index contributed by atoms with van der Waals surface area (Å²) in [5.74, 6) is 0.771. The molecule has 0 aromatic heterocycles. The Labute approximate surface area is 91.4 Å². The minimum absolute atomic E-state index is 0.0200. The molecule has 1 rings (SSSR count). The highest BCUT2D eigenvalue weighted by atomic mass is 35.5. The van der Waals surface area contributed by atoms with Crippen LogP contribution in [0.25, 0.3) is 0 Å². The second-order valence-electron chi connectivity index (χ2n) is 4.26. The third-order valence-electron chi connectivity index (χ3n) is 3.07. The molecule has 0 saturated heterocycles. The number of carbonyl (C=O) groups excluding carboxylic acids is 1. The molecule has 14 heavy (non-hydrogen) atoms. The summed E-state index contributed by atoms with van der Waals surface area (Å²) in [4.78, 5) is 11.4. The Morgan fingerprint density at radius 1 is 1.57 bits per heavy atom. The van der Waals surface area contributed by atoms with Gasteiger partial charge < -0.3 is 5.32 Å². The van der Waals surface area contributed by atoms with Gasteiger partial charge in [-0.15, -0.1) is 11.6 Å². The Bertz CT molecular complexity index is 194. The van der Waals surface area contributed by atoms with E-state index in [1.54, 1.807) is 6.92 Å². The highest BCUT2D eigenvalue weighted by Gasteiger charge is 2.23. The molecule has 1 fully saturated rings. The van der Waals surface area contributed by atoms with E-state index >= 15 is 0 Å². The van der Waals surface area contributed by atoms with Crippen LogP contribution >= 0.6 is 11.6 Å². The molecule has 1 aliphatic carbocycles. The Morgan fingerprint density at radius 2 is 2.29 bits per heavy atom. The fraction of sp³-hybridized carbons (Fsp3) is 0.909. The third kappa shape index (κ3) is 3.49. The van der Waals surface area contributed by atoms with Crippen molar-refractivity contribution >= 4 is 17.5 Å². The summed E-state index contributed by atoms with van der Waals surface area (Å²) >= 11 is 5.71. The predicted molar refractivity (Wildman–Crippen MR) is 59.5 cm³/mol. The molecule has 0 spiro atoms. The Morgan fingerprint density at radius 3 is 2.86 bits per heavy atom. The first-order valence-corrected chi connectivity index (χ1v) is 6.01. The largest absolute Gasteiger partial charge is 0.352 e. The van der Waals surface area contributed by atoms with Gasteiger partial charge in [-0.2, -0.15) is 0 Å². The first kappa shape index (κ1) is 11.8. The van der Waals surface area contributed by atoms with Gasteiger partial charge in [-0.25, -0.2) is 0 Å². The fourth-order valence-electron chi connectivity index (χ4n) is 2.11. The number of alkyl halides is 1. The van der Waals surface area contributed by atoms with Crippen LogP contribution in [0.15, 0.2) is 0 Å². The zero-order valence-electron chi connectivity index (χ0n) is 9.05. The summed E-state index contributed by atoms with van der Waals surface area (Å²) in [5, 5.41) is 2.61. The first-order chi connectivity index (χ1) is 6.63. The molecule has 0 bridgehead atoms. The number of halogens is 1. The lowest BCUT2D eigenvalue weighted by atomic mass is 9.84. The van der Waals surface area contributed by atoms with E-state index in [2.05, 4.69) is 12.2 Å². The summed E-state index contributed by atoms with van der Waals surface area (Å²) in [6.07, 6.45) is 6.03. The van der Waals surface area contributed by atoms with Crippen molar-refractivity contribution < 1.29 is 4.79 Å². The average molecular weight is 218 g/mol. The van der Waals surface area contributed by atoms with Gasteiger partial charge in [0.05, 0.1) is 0 Å². The topological polar surface area (TPSA) is 29.1 Å². The standard InChI is InChI=1S/C11H20ClNO/c1-3-9-5-4-6-10(7-9)13-11(14)8(2)12/h8-10H,3-7H2,1-2H3,(H,13,14). The lowest BCUT2D eigenvalue weighted by Gasteiger charge is -2.29. The van der Waals surface area contributed by atoms with Crippen LogP contribution in [-0.4, -0.2) is 17.3 Å². The number of amides is 1. The Kier molecular flexibility index (Phi) is 4.73. The van der Waals surface area contributed by atoms with E-state index in [1.165, 1.54) is 19.3 Å². The van der Waals surface area contributed by atoms with Crippen LogP contribution in [0.4, 0.5) is 0 Å². The van der Waals surface area contributed by atoms with Gasteiger partial charge in [-0.05, 0) is 25.7 Å². The first-order valence-electron chi connectivity index (χ1n) is 5.58. The zero-order chi connectivity index (χ0) is 10.6. The van der Waals surface area contributed by atoms with E-state index in [0.29, 0.717) is 6.04 Å². The molecule has 3 unspecified atom stereocenters. The summed E-state index contributed by atoms with van der Waals surface area (Å²) in [6.45, 7) is 3.94. The van der Waals surface area contributed by atoms with Crippen LogP contribution in [-0.2, 0) is 4.79 Å². The average Bonchev–Trinajstić information content (AvgIpc) is 2.18. The van der Waals surface area contributed by atoms with Crippen molar-refractivity contribution in [2.75, 3.05) is 0 Å². The van der Waals surface area contributed by atoms with Crippen LogP contribution in [0.3, 0.4) is 0 Å². The van der Waals surface area contributed by atoms with Crippen molar-refractivity contribution in [3.63, 3.8) is 0 Å². The third-order valence-corrected chi connectivity index (χ3v) is 3.27. The minimum atomic E-state index is -0.406. The van der Waals surface area contributed by atoms with Crippen LogP contribution in [0.5, 0.6) is 0 Å². The van der Waals surface area contributed by atoms with Crippen molar-refractivity contribution in [1.29, 1.82) is 0 Å². The maximum Gasteiger partial charge on any atom is 0.237 e. The maximum atomic E-state index is 11.4. The van der Waals surface area contributed by atoms with E-state index in [0.717, 1.165) is 18.8 Å². The quantitative estimate of drug-likeness (QED) is 0.724. The van der Waals surface area contributed by atoms with Gasteiger partial charge in [0.1, 0.15) is 5.38 Å². The second kappa shape index (κ2) is 5.59. The van der Waals surface area contributed by atoms with Crippen LogP contribution in [0, 0.1) is 5.92 Å². The molecule has 82 valence electrons. The van der Waals surface area contributed by atoms with Gasteiger partial charge in [0, 0.05) is 6.04 Å². The highest BCUT2D eigenvalue weighted by molar-refractivity contribution is 6.30. The summed E-state index contributed by atoms with van der Waals surface area (Å²) < 4.78 is 0. The van der Waals surface area contributed by atoms with Crippen molar-refractivity contribution in [2.45, 2.75) is 57.4 Å². The van der Waals surface area contributed by atoms with E-state index < -0.39 is 5.38 Å². The Hall–Kier alpha value is -0.240. The van der Waals surface area contributed by atoms with Crippen molar-refractivity contribution in [3.05, 3.63) is 0 Å². The monoisotopic (exact) mass is 217 g/mol. The van der Waals surface area contributed by atoms with Gasteiger partial charge in [0.2, 0.25) is 5.91 Å². The normalized spacial score (nSPS) is 29.6. The molecule has 0 aliphatic heterocycles. The van der Waals surface area contributed by atoms with E-state index in [4.69, 9.17) is 11.6 Å². The van der Waals surface area contributed by atoms with Crippen LogP contribution in [0.2, 0.25) is 0 Å². The molecule has 1 N–H and O–H groups in total. The number of hydrogen-bond acceptors (Lipinski definition) is 1. The molecular formula is C11H20ClNO. The molecular weight excluding hydrogens is 198 g/mol. The summed E-state index contributed by atoms with van der Waals surface area (Å²) in [5.41, 5.74) is 0. The van der Waals surface area contributed by atoms with Crippen molar-refractivity contribution in [1.82, 2.24) is 5.32 Å².